The third kappa shape index (κ3) is 8.44. The fraction of sp³-hybridized carbons (Fsp3) is 0.560. The largest absolute Gasteiger partial charge is 0.478 e. The smallest absolute Gasteiger partial charge is 0.332 e. The van der Waals surface area contributed by atoms with Crippen LogP contribution in [0, 0.1) is 11.8 Å². The molecule has 0 saturated carbocycles. The molecule has 12 heteroatoms. The summed E-state index contributed by atoms with van der Waals surface area (Å²) in [7, 11) is 0. The van der Waals surface area contributed by atoms with Gasteiger partial charge in [0.15, 0.2) is 11.2 Å². The zero-order valence-corrected chi connectivity index (χ0v) is 21.5. The first-order valence-electron chi connectivity index (χ1n) is 12.3. The quantitative estimate of drug-likeness (QED) is 0.322. The first-order valence-corrected chi connectivity index (χ1v) is 12.3. The number of imidazole rings is 1. The predicted octanol–water partition coefficient (Wildman–Crippen LogP) is 0.742. The highest BCUT2D eigenvalue weighted by Gasteiger charge is 2.21. The van der Waals surface area contributed by atoms with Crippen LogP contribution in [0.15, 0.2) is 28.1 Å². The number of carboxylic acid groups (broad SMARTS) is 2. The normalized spacial score (nSPS) is 15.1. The third-order valence-corrected chi connectivity index (χ3v) is 5.81. The SMILES string of the molecule is CCCn1cnc2c1c(=O)n(CCC(C)(O)C#CCN1CCCC1)c(=O)n2CC.O=C(O)/C=C/C(=O)O. The molecule has 202 valence electrons. The van der Waals surface area contributed by atoms with Gasteiger partial charge in [0.05, 0.1) is 12.9 Å². The van der Waals surface area contributed by atoms with Gasteiger partial charge in [0.2, 0.25) is 0 Å². The molecule has 1 fully saturated rings. The summed E-state index contributed by atoms with van der Waals surface area (Å²) in [5.41, 5.74) is -1.16. The molecule has 0 aromatic carbocycles. The van der Waals surface area contributed by atoms with Gasteiger partial charge < -0.3 is 19.9 Å². The number of hydrogen-bond acceptors (Lipinski definition) is 7. The lowest BCUT2D eigenvalue weighted by atomic mass is 10.0. The molecule has 1 aliphatic rings. The summed E-state index contributed by atoms with van der Waals surface area (Å²) < 4.78 is 4.51. The lowest BCUT2D eigenvalue weighted by molar-refractivity contribution is -0.134. The lowest BCUT2D eigenvalue weighted by Gasteiger charge is -2.18. The molecule has 1 unspecified atom stereocenters. The molecule has 2 aromatic heterocycles. The van der Waals surface area contributed by atoms with Crippen molar-refractivity contribution in [2.45, 2.75) is 71.7 Å². The number of carboxylic acids is 2. The maximum Gasteiger partial charge on any atom is 0.332 e. The van der Waals surface area contributed by atoms with Crippen LogP contribution in [0.3, 0.4) is 0 Å². The standard InChI is InChI=1S/C21H31N5O3.C4H4O4/c1-4-11-24-16-22-18-17(24)19(27)26(20(28)25(18)5-2)15-10-21(3,29)9-8-14-23-12-6-7-13-23;5-3(6)1-2-4(7)8/h16,29H,4-7,10-15H2,1-3H3;1-2H,(H,5,6)(H,7,8)/b;2-1+. The fourth-order valence-corrected chi connectivity index (χ4v) is 3.95. The fourth-order valence-electron chi connectivity index (χ4n) is 3.95. The highest BCUT2D eigenvalue weighted by Crippen LogP contribution is 2.11. The van der Waals surface area contributed by atoms with E-state index in [4.69, 9.17) is 10.2 Å². The summed E-state index contributed by atoms with van der Waals surface area (Å²) in [5, 5.41) is 26.3. The van der Waals surface area contributed by atoms with E-state index >= 15 is 0 Å². The van der Waals surface area contributed by atoms with E-state index in [0.717, 1.165) is 19.5 Å². The second kappa shape index (κ2) is 13.6. The van der Waals surface area contributed by atoms with Gasteiger partial charge in [-0.15, -0.1) is 0 Å². The first-order chi connectivity index (χ1) is 17.5. The molecular weight excluding hydrogens is 482 g/mol. The van der Waals surface area contributed by atoms with E-state index in [1.54, 1.807) is 17.8 Å². The Morgan fingerprint density at radius 1 is 1.08 bits per heavy atom. The van der Waals surface area contributed by atoms with Crippen LogP contribution in [0.4, 0.5) is 0 Å². The van der Waals surface area contributed by atoms with Gasteiger partial charge in [0.1, 0.15) is 5.60 Å². The summed E-state index contributed by atoms with van der Waals surface area (Å²) in [6, 6.07) is 0. The number of aliphatic hydroxyl groups is 1. The van der Waals surface area contributed by atoms with E-state index in [1.807, 2.05) is 13.8 Å². The molecule has 37 heavy (non-hydrogen) atoms. The van der Waals surface area contributed by atoms with Gasteiger partial charge in [-0.3, -0.25) is 18.8 Å². The van der Waals surface area contributed by atoms with Crippen molar-refractivity contribution in [3.8, 4) is 11.8 Å². The van der Waals surface area contributed by atoms with Crippen LogP contribution in [0.1, 0.15) is 46.5 Å². The molecule has 3 rings (SSSR count). The third-order valence-electron chi connectivity index (χ3n) is 5.81. The number of nitrogens with zero attached hydrogens (tertiary/aromatic N) is 5. The van der Waals surface area contributed by atoms with Crippen LogP contribution in [-0.2, 0) is 29.2 Å². The van der Waals surface area contributed by atoms with Crippen molar-refractivity contribution in [2.24, 2.45) is 0 Å². The molecule has 0 aliphatic carbocycles. The van der Waals surface area contributed by atoms with Gasteiger partial charge in [0, 0.05) is 38.2 Å². The zero-order valence-electron chi connectivity index (χ0n) is 21.5. The predicted molar refractivity (Wildman–Crippen MR) is 137 cm³/mol. The molecule has 0 radical (unpaired) electrons. The lowest BCUT2D eigenvalue weighted by Crippen LogP contribution is -2.42. The molecule has 0 spiro atoms. The molecule has 1 atom stereocenters. The molecule has 2 aromatic rings. The molecule has 0 bridgehead atoms. The van der Waals surface area contributed by atoms with E-state index in [1.165, 1.54) is 22.0 Å². The van der Waals surface area contributed by atoms with Crippen molar-refractivity contribution < 1.29 is 24.9 Å². The van der Waals surface area contributed by atoms with E-state index < -0.39 is 23.2 Å². The van der Waals surface area contributed by atoms with Crippen LogP contribution in [-0.4, -0.2) is 76.1 Å². The summed E-state index contributed by atoms with van der Waals surface area (Å²) in [6.45, 7) is 9.44. The van der Waals surface area contributed by atoms with Gasteiger partial charge >= 0.3 is 17.6 Å². The Hall–Kier alpha value is -3.69. The van der Waals surface area contributed by atoms with Crippen LogP contribution >= 0.6 is 0 Å². The van der Waals surface area contributed by atoms with Gasteiger partial charge in [-0.2, -0.15) is 0 Å². The van der Waals surface area contributed by atoms with Gasteiger partial charge in [-0.25, -0.2) is 19.4 Å². The maximum atomic E-state index is 13.0. The van der Waals surface area contributed by atoms with Crippen molar-refractivity contribution in [1.82, 2.24) is 23.6 Å². The molecule has 1 aliphatic heterocycles. The van der Waals surface area contributed by atoms with E-state index in [0.29, 0.717) is 43.0 Å². The van der Waals surface area contributed by atoms with Crippen molar-refractivity contribution >= 4 is 23.1 Å². The Kier molecular flexibility index (Phi) is 10.8. The zero-order chi connectivity index (χ0) is 27.6. The van der Waals surface area contributed by atoms with Crippen LogP contribution < -0.4 is 11.2 Å². The Bertz CT molecular complexity index is 1280. The highest BCUT2D eigenvalue weighted by molar-refractivity contribution is 5.89. The summed E-state index contributed by atoms with van der Waals surface area (Å²) in [5.74, 6) is 3.44. The number of carbonyl (C=O) groups is 2. The number of hydrogen-bond donors (Lipinski definition) is 3. The molecule has 3 N–H and O–H groups in total. The topological polar surface area (TPSA) is 160 Å². The monoisotopic (exact) mass is 517 g/mol. The molecule has 12 nitrogen and oxygen atoms in total. The minimum Gasteiger partial charge on any atom is -0.478 e. The highest BCUT2D eigenvalue weighted by atomic mass is 16.4. The summed E-state index contributed by atoms with van der Waals surface area (Å²) in [6.07, 6.45) is 6.18. The number of likely N-dealkylation sites (tertiary alicyclic amines) is 1. The minimum absolute atomic E-state index is 0.107. The Balaban J connectivity index is 0.000000521. The van der Waals surface area contributed by atoms with Crippen molar-refractivity contribution in [3.05, 3.63) is 39.3 Å². The number of aromatic nitrogens is 4. The Morgan fingerprint density at radius 3 is 2.24 bits per heavy atom. The average molecular weight is 518 g/mol. The van der Waals surface area contributed by atoms with Crippen molar-refractivity contribution in [1.29, 1.82) is 0 Å². The van der Waals surface area contributed by atoms with Gasteiger partial charge in [-0.05, 0) is 46.2 Å². The van der Waals surface area contributed by atoms with Crippen molar-refractivity contribution in [2.75, 3.05) is 19.6 Å². The number of aryl methyl sites for hydroxylation is 2. The second-order valence-electron chi connectivity index (χ2n) is 8.91. The van der Waals surface area contributed by atoms with Gasteiger partial charge in [0.25, 0.3) is 5.56 Å². The second-order valence-corrected chi connectivity index (χ2v) is 8.91. The van der Waals surface area contributed by atoms with Gasteiger partial charge in [-0.1, -0.05) is 18.8 Å². The molecule has 1 saturated heterocycles. The van der Waals surface area contributed by atoms with E-state index in [-0.39, 0.29) is 18.5 Å². The minimum atomic E-state index is -1.26. The van der Waals surface area contributed by atoms with E-state index in [2.05, 4.69) is 21.7 Å². The summed E-state index contributed by atoms with van der Waals surface area (Å²) >= 11 is 0. The first kappa shape index (κ1) is 29.5. The van der Waals surface area contributed by atoms with Crippen LogP contribution in [0.5, 0.6) is 0 Å². The Labute approximate surface area is 214 Å². The van der Waals surface area contributed by atoms with Crippen LogP contribution in [0.2, 0.25) is 0 Å². The average Bonchev–Trinajstić information content (AvgIpc) is 3.49. The molecule has 3 heterocycles. The molecular formula is C25H35N5O7. The Morgan fingerprint density at radius 2 is 1.70 bits per heavy atom. The van der Waals surface area contributed by atoms with Crippen LogP contribution in [0.25, 0.3) is 11.2 Å². The maximum absolute atomic E-state index is 13.0. The van der Waals surface area contributed by atoms with E-state index in [9.17, 15) is 24.3 Å². The van der Waals surface area contributed by atoms with Crippen molar-refractivity contribution in [3.63, 3.8) is 0 Å². The number of rotatable bonds is 9. The number of aliphatic carboxylic acids is 2. The molecule has 0 amide bonds. The summed E-state index contributed by atoms with van der Waals surface area (Å²) in [4.78, 5) is 51.6. The number of fused-ring (bicyclic) bond motifs is 1.